The van der Waals surface area contributed by atoms with Crippen molar-refractivity contribution in [1.82, 2.24) is 28.7 Å². The maximum absolute atomic E-state index is 5.59. The second-order valence-electron chi connectivity index (χ2n) is 28.6. The van der Waals surface area contributed by atoms with Crippen LogP contribution in [0.15, 0.2) is 388 Å². The SMILES string of the molecule is c1ccc(-c2ccc(-c3nc(-c4ccc(-c5ccccc5)cc4)nc(-n4c5ccc(-n6c7ccc(-c8cccc9ccccc89)cc7c7cc(-c8cccc9ccccc89)ccc76)cc5c5cc(-n6c7ccc(-c8cccc9ccccc89)cc7c7cc(-c8cccc9ccccc89)ccc76)ccc54)n3)cc2)cc1. The van der Waals surface area contributed by atoms with Crippen molar-refractivity contribution >= 4 is 109 Å². The van der Waals surface area contributed by atoms with Crippen molar-refractivity contribution in [2.24, 2.45) is 0 Å². The number of nitrogens with zero attached hydrogens (tertiary/aromatic N) is 6. The number of fused-ring (bicyclic) bond motifs is 13. The number of aromatic nitrogens is 6. The van der Waals surface area contributed by atoms with E-state index < -0.39 is 0 Å². The second-order valence-corrected chi connectivity index (χ2v) is 28.6. The van der Waals surface area contributed by atoms with Gasteiger partial charge in [0.1, 0.15) is 0 Å². The highest BCUT2D eigenvalue weighted by molar-refractivity contribution is 6.17. The minimum Gasteiger partial charge on any atom is -0.309 e. The van der Waals surface area contributed by atoms with Crippen LogP contribution in [0.3, 0.4) is 0 Å². The minimum absolute atomic E-state index is 0.511. The van der Waals surface area contributed by atoms with Crippen LogP contribution in [-0.2, 0) is 0 Å². The Morgan fingerprint density at radius 2 is 0.404 bits per heavy atom. The summed E-state index contributed by atoms with van der Waals surface area (Å²) < 4.78 is 7.21. The Morgan fingerprint density at radius 3 is 0.734 bits per heavy atom. The van der Waals surface area contributed by atoms with E-state index in [1.54, 1.807) is 0 Å². The van der Waals surface area contributed by atoms with Crippen LogP contribution in [0.5, 0.6) is 0 Å². The average Bonchev–Trinajstić information content (AvgIpc) is 1.57. The summed E-state index contributed by atoms with van der Waals surface area (Å²) in [4.78, 5) is 16.6. The lowest BCUT2D eigenvalue weighted by Gasteiger charge is -2.13. The maximum Gasteiger partial charge on any atom is 0.238 e. The van der Waals surface area contributed by atoms with Crippen molar-refractivity contribution in [3.05, 3.63) is 388 Å². The normalized spacial score (nSPS) is 11.9. The van der Waals surface area contributed by atoms with E-state index in [2.05, 4.69) is 402 Å². The molecule has 0 fully saturated rings. The molecule has 0 unspecified atom stereocenters. The van der Waals surface area contributed by atoms with Crippen molar-refractivity contribution in [3.8, 4) is 107 Å². The molecule has 0 N–H and O–H groups in total. The summed E-state index contributed by atoms with van der Waals surface area (Å²) in [5.74, 6) is 1.65. The number of hydrogen-bond acceptors (Lipinski definition) is 3. The van der Waals surface area contributed by atoms with Gasteiger partial charge in [-0.15, -0.1) is 0 Å². The van der Waals surface area contributed by atoms with Crippen LogP contribution in [0.25, 0.3) is 215 Å². The highest BCUT2D eigenvalue weighted by Gasteiger charge is 2.25. The Bertz CT molecular complexity index is 6720. The van der Waals surface area contributed by atoms with E-state index in [4.69, 9.17) is 15.0 Å². The van der Waals surface area contributed by atoms with E-state index in [1.807, 2.05) is 0 Å². The molecule has 0 saturated carbocycles. The van der Waals surface area contributed by atoms with Gasteiger partial charge in [0.25, 0.3) is 0 Å². The van der Waals surface area contributed by atoms with Crippen LogP contribution in [0.4, 0.5) is 0 Å². The van der Waals surface area contributed by atoms with E-state index in [-0.39, 0.29) is 0 Å². The molecule has 506 valence electrons. The van der Waals surface area contributed by atoms with E-state index in [9.17, 15) is 0 Å². The molecule has 0 aliphatic rings. The van der Waals surface area contributed by atoms with Gasteiger partial charge in [-0.3, -0.25) is 4.57 Å². The summed E-state index contributed by atoms with van der Waals surface area (Å²) >= 11 is 0. The fourth-order valence-corrected chi connectivity index (χ4v) is 17.3. The Kier molecular flexibility index (Phi) is 14.2. The lowest BCUT2D eigenvalue weighted by molar-refractivity contribution is 0.953. The van der Waals surface area contributed by atoms with Crippen molar-refractivity contribution in [2.45, 2.75) is 0 Å². The Morgan fingerprint density at radius 1 is 0.156 bits per heavy atom. The smallest absolute Gasteiger partial charge is 0.238 e. The van der Waals surface area contributed by atoms with Crippen LogP contribution in [0, 0.1) is 0 Å². The van der Waals surface area contributed by atoms with Crippen LogP contribution in [-0.4, -0.2) is 28.7 Å². The highest BCUT2D eigenvalue weighted by atomic mass is 15.2. The average molecular weight is 1390 g/mol. The van der Waals surface area contributed by atoms with Gasteiger partial charge in [-0.2, -0.15) is 9.97 Å². The first kappa shape index (κ1) is 61.8. The summed E-state index contributed by atoms with van der Waals surface area (Å²) in [6.45, 7) is 0. The largest absolute Gasteiger partial charge is 0.309 e. The van der Waals surface area contributed by atoms with Gasteiger partial charge in [-0.25, -0.2) is 4.98 Å². The predicted octanol–water partition coefficient (Wildman–Crippen LogP) is 27.1. The highest BCUT2D eigenvalue weighted by Crippen LogP contribution is 2.45. The van der Waals surface area contributed by atoms with Crippen LogP contribution < -0.4 is 0 Å². The van der Waals surface area contributed by atoms with Gasteiger partial charge < -0.3 is 9.13 Å². The summed E-state index contributed by atoms with van der Waals surface area (Å²) in [6.07, 6.45) is 0. The monoisotopic (exact) mass is 1380 g/mol. The molecule has 6 nitrogen and oxygen atoms in total. The molecule has 0 aliphatic heterocycles. The summed E-state index contributed by atoms with van der Waals surface area (Å²) in [7, 11) is 0. The van der Waals surface area contributed by atoms with E-state index in [0.717, 1.165) is 88.6 Å². The molecule has 18 aromatic carbocycles. The summed E-state index contributed by atoms with van der Waals surface area (Å²) in [6, 6.07) is 142. The number of rotatable bonds is 11. The first-order valence-electron chi connectivity index (χ1n) is 37.3. The van der Waals surface area contributed by atoms with Gasteiger partial charge in [-0.1, -0.05) is 303 Å². The number of benzene rings is 18. The standard InChI is InChI=1S/C103H64N6/c1-3-19-65(20-4-1)67-39-43-73(44-40-67)101-104-102(74-45-41-68(42-46-74)66-21-5-2-6-22-66)106-103(105-101)109-99-57-51-79(107-95-53-47-75(85-35-15-27-69-23-7-11-31-81(69)85)59-89(95)90-60-76(48-54-96(90)107)86-36-16-28-70-24-8-12-32-82(70)86)63-93(99)94-64-80(52-58-100(94)109)108-97-55-49-77(87-37-17-29-71-25-9-13-33-83(71)87)61-91(97)92-62-78(50-56-98(92)108)88-38-18-30-72-26-10-14-34-84(72)88/h1-64H. The zero-order valence-corrected chi connectivity index (χ0v) is 59.1. The van der Waals surface area contributed by atoms with Crippen LogP contribution in [0.2, 0.25) is 0 Å². The van der Waals surface area contributed by atoms with Crippen LogP contribution >= 0.6 is 0 Å². The second kappa shape index (κ2) is 25.1. The van der Waals surface area contributed by atoms with Gasteiger partial charge in [0, 0.05) is 54.8 Å². The molecule has 0 spiro atoms. The molecule has 0 saturated heterocycles. The van der Waals surface area contributed by atoms with Gasteiger partial charge in [0.2, 0.25) is 5.95 Å². The third kappa shape index (κ3) is 10.3. The first-order valence-corrected chi connectivity index (χ1v) is 37.3. The van der Waals surface area contributed by atoms with Gasteiger partial charge in [-0.05, 0) is 195 Å². The van der Waals surface area contributed by atoms with Gasteiger partial charge in [0.15, 0.2) is 11.6 Å². The van der Waals surface area contributed by atoms with E-state index >= 15 is 0 Å². The molecule has 109 heavy (non-hydrogen) atoms. The summed E-state index contributed by atoms with van der Waals surface area (Å²) in [5, 5.41) is 16.5. The lowest BCUT2D eigenvalue weighted by atomic mass is 9.95. The Balaban J connectivity index is 0.795. The molecule has 0 radical (unpaired) electrons. The van der Waals surface area contributed by atoms with Gasteiger partial charge in [0.05, 0.1) is 33.1 Å². The molecular weight excluding hydrogens is 1320 g/mol. The Labute approximate surface area is 628 Å². The van der Waals surface area contributed by atoms with Gasteiger partial charge >= 0.3 is 0 Å². The van der Waals surface area contributed by atoms with E-state index in [0.29, 0.717) is 17.6 Å². The zero-order valence-electron chi connectivity index (χ0n) is 59.1. The van der Waals surface area contributed by atoms with Crippen molar-refractivity contribution in [3.63, 3.8) is 0 Å². The molecule has 4 aromatic heterocycles. The summed E-state index contributed by atoms with van der Waals surface area (Å²) in [5.41, 5.74) is 24.1. The first-order chi connectivity index (χ1) is 54.0. The molecule has 22 aromatic rings. The van der Waals surface area contributed by atoms with Crippen LogP contribution in [0.1, 0.15) is 0 Å². The maximum atomic E-state index is 5.59. The molecule has 0 bridgehead atoms. The fraction of sp³-hybridized carbons (Fsp3) is 0. The molecule has 22 rings (SSSR count). The van der Waals surface area contributed by atoms with Crippen molar-refractivity contribution in [1.29, 1.82) is 0 Å². The predicted molar refractivity (Wildman–Crippen MR) is 456 cm³/mol. The van der Waals surface area contributed by atoms with Crippen molar-refractivity contribution in [2.75, 3.05) is 0 Å². The molecule has 4 heterocycles. The third-order valence-corrected chi connectivity index (χ3v) is 22.5. The van der Waals surface area contributed by atoms with E-state index in [1.165, 1.54) is 109 Å². The zero-order chi connectivity index (χ0) is 71.6. The Hall–Kier alpha value is -14.6. The quantitative estimate of drug-likeness (QED) is 0.130. The topological polar surface area (TPSA) is 53.5 Å². The lowest BCUT2D eigenvalue weighted by Crippen LogP contribution is -2.06. The molecule has 0 amide bonds. The molecule has 6 heteroatoms. The minimum atomic E-state index is 0.511. The molecular formula is C103H64N6. The third-order valence-electron chi connectivity index (χ3n) is 22.5. The van der Waals surface area contributed by atoms with Crippen molar-refractivity contribution < 1.29 is 0 Å². The molecule has 0 atom stereocenters. The number of hydrogen-bond donors (Lipinski definition) is 0. The molecule has 0 aliphatic carbocycles. The fourth-order valence-electron chi connectivity index (χ4n) is 17.3.